The van der Waals surface area contributed by atoms with E-state index < -0.39 is 11.2 Å². The minimum atomic E-state index is -1.08. The summed E-state index contributed by atoms with van der Waals surface area (Å²) in [5.41, 5.74) is -1.59. The van der Waals surface area contributed by atoms with E-state index in [1.165, 1.54) is 12.5 Å². The highest BCUT2D eigenvalue weighted by Crippen LogP contribution is 2.32. The van der Waals surface area contributed by atoms with Gasteiger partial charge in [-0.05, 0) is 20.8 Å². The number of amides is 1. The second-order valence-corrected chi connectivity index (χ2v) is 5.84. The topological polar surface area (TPSA) is 75.8 Å². The lowest BCUT2D eigenvalue weighted by molar-refractivity contribution is -0.0513. The van der Waals surface area contributed by atoms with Crippen LogP contribution >= 0.6 is 0 Å². The lowest BCUT2D eigenvalue weighted by atomic mass is 9.91. The van der Waals surface area contributed by atoms with Crippen molar-refractivity contribution in [2.45, 2.75) is 44.8 Å². The van der Waals surface area contributed by atoms with Crippen molar-refractivity contribution in [3.63, 3.8) is 0 Å². The van der Waals surface area contributed by atoms with Crippen LogP contribution in [0.2, 0.25) is 0 Å². The number of likely N-dealkylation sites (tertiary alicyclic amines) is 1. The molecule has 2 heterocycles. The summed E-state index contributed by atoms with van der Waals surface area (Å²) in [7, 11) is 0. The van der Waals surface area contributed by atoms with Gasteiger partial charge in [-0.1, -0.05) is 0 Å². The average molecular weight is 268 g/mol. The van der Waals surface area contributed by atoms with Crippen molar-refractivity contribution >= 4 is 6.09 Å². The molecule has 1 N–H and O–H groups in total. The Bertz CT molecular complexity index is 428. The Morgan fingerprint density at radius 3 is 2.58 bits per heavy atom. The lowest BCUT2D eigenvalue weighted by Gasteiger charge is -2.36. The Kier molecular flexibility index (Phi) is 3.54. The summed E-state index contributed by atoms with van der Waals surface area (Å²) in [6.45, 7) is 6.34. The number of ether oxygens (including phenoxy) is 1. The Morgan fingerprint density at radius 1 is 1.47 bits per heavy atom. The first-order chi connectivity index (χ1) is 8.80. The van der Waals surface area contributed by atoms with Gasteiger partial charge in [0.25, 0.3) is 0 Å². The van der Waals surface area contributed by atoms with Gasteiger partial charge >= 0.3 is 6.09 Å². The van der Waals surface area contributed by atoms with Crippen LogP contribution in [0.5, 0.6) is 0 Å². The van der Waals surface area contributed by atoms with Crippen LogP contribution in [0.4, 0.5) is 4.79 Å². The van der Waals surface area contributed by atoms with E-state index in [4.69, 9.17) is 9.15 Å². The number of aliphatic hydroxyl groups is 1. The molecule has 1 aromatic rings. The number of aromatic nitrogens is 1. The maximum Gasteiger partial charge on any atom is 0.410 e. The largest absolute Gasteiger partial charge is 0.446 e. The maximum atomic E-state index is 11.9. The number of oxazole rings is 1. The van der Waals surface area contributed by atoms with Crippen molar-refractivity contribution < 1.29 is 19.1 Å². The third-order valence-corrected chi connectivity index (χ3v) is 3.07. The van der Waals surface area contributed by atoms with E-state index in [9.17, 15) is 9.90 Å². The van der Waals surface area contributed by atoms with Crippen LogP contribution in [-0.4, -0.2) is 39.8 Å². The molecule has 19 heavy (non-hydrogen) atoms. The molecule has 1 aromatic heterocycles. The zero-order chi connectivity index (χ0) is 14.1. The standard InChI is InChI=1S/C13H20N2O4/c1-12(2,3)19-11(16)15-7-4-13(17,5-8-15)10-14-6-9-18-10/h6,9,17H,4-5,7-8H2,1-3H3. The summed E-state index contributed by atoms with van der Waals surface area (Å²) in [5.74, 6) is 0.316. The van der Waals surface area contributed by atoms with E-state index in [1.807, 2.05) is 20.8 Å². The molecule has 1 amide bonds. The molecule has 0 unspecified atom stereocenters. The molecule has 6 heteroatoms. The Morgan fingerprint density at radius 2 is 2.11 bits per heavy atom. The van der Waals surface area contributed by atoms with Gasteiger partial charge in [0.1, 0.15) is 17.5 Å². The van der Waals surface area contributed by atoms with Crippen LogP contribution in [0.25, 0.3) is 0 Å². The molecular weight excluding hydrogens is 248 g/mol. The monoisotopic (exact) mass is 268 g/mol. The molecule has 0 spiro atoms. The van der Waals surface area contributed by atoms with Crippen LogP contribution in [0.1, 0.15) is 39.5 Å². The lowest BCUT2D eigenvalue weighted by Crippen LogP contribution is -2.46. The number of hydrogen-bond donors (Lipinski definition) is 1. The summed E-state index contributed by atoms with van der Waals surface area (Å²) < 4.78 is 10.5. The van der Waals surface area contributed by atoms with E-state index >= 15 is 0 Å². The molecule has 0 radical (unpaired) electrons. The highest BCUT2D eigenvalue weighted by atomic mass is 16.6. The van der Waals surface area contributed by atoms with Gasteiger partial charge in [-0.3, -0.25) is 0 Å². The SMILES string of the molecule is CC(C)(C)OC(=O)N1CCC(O)(c2ncco2)CC1. The zero-order valence-electron chi connectivity index (χ0n) is 11.5. The van der Waals surface area contributed by atoms with Gasteiger partial charge in [-0.2, -0.15) is 0 Å². The molecule has 0 aliphatic carbocycles. The van der Waals surface area contributed by atoms with E-state index in [-0.39, 0.29) is 6.09 Å². The second kappa shape index (κ2) is 4.85. The van der Waals surface area contributed by atoms with Crippen molar-refractivity contribution in [3.05, 3.63) is 18.4 Å². The molecule has 1 aliphatic rings. The second-order valence-electron chi connectivity index (χ2n) is 5.84. The summed E-state index contributed by atoms with van der Waals surface area (Å²) >= 11 is 0. The highest BCUT2D eigenvalue weighted by Gasteiger charge is 2.39. The predicted molar refractivity (Wildman–Crippen MR) is 67.4 cm³/mol. The number of piperidine rings is 1. The van der Waals surface area contributed by atoms with Crippen LogP contribution in [-0.2, 0) is 10.3 Å². The van der Waals surface area contributed by atoms with Gasteiger partial charge in [0.15, 0.2) is 0 Å². The first-order valence-electron chi connectivity index (χ1n) is 6.40. The summed E-state index contributed by atoms with van der Waals surface area (Å²) in [5, 5.41) is 10.4. The van der Waals surface area contributed by atoms with E-state index in [0.717, 1.165) is 0 Å². The van der Waals surface area contributed by atoms with Crippen molar-refractivity contribution in [3.8, 4) is 0 Å². The van der Waals surface area contributed by atoms with Gasteiger partial charge in [0.05, 0.1) is 6.20 Å². The fourth-order valence-electron chi connectivity index (χ4n) is 2.05. The number of carbonyl (C=O) groups excluding carboxylic acids is 1. The molecular formula is C13H20N2O4. The van der Waals surface area contributed by atoms with E-state index in [1.54, 1.807) is 4.90 Å². The molecule has 0 atom stereocenters. The van der Waals surface area contributed by atoms with Crippen LogP contribution < -0.4 is 0 Å². The molecule has 1 saturated heterocycles. The fraction of sp³-hybridized carbons (Fsp3) is 0.692. The summed E-state index contributed by atoms with van der Waals surface area (Å²) in [6, 6.07) is 0. The molecule has 106 valence electrons. The van der Waals surface area contributed by atoms with Gasteiger partial charge in [0, 0.05) is 25.9 Å². The predicted octanol–water partition coefficient (Wildman–Crippen LogP) is 1.89. The van der Waals surface area contributed by atoms with Crippen molar-refractivity contribution in [2.24, 2.45) is 0 Å². The summed E-state index contributed by atoms with van der Waals surface area (Å²) in [6.07, 6.45) is 3.39. The molecule has 1 fully saturated rings. The number of hydrogen-bond acceptors (Lipinski definition) is 5. The third-order valence-electron chi connectivity index (χ3n) is 3.07. The Balaban J connectivity index is 1.94. The van der Waals surface area contributed by atoms with E-state index in [0.29, 0.717) is 31.8 Å². The Hall–Kier alpha value is -1.56. The van der Waals surface area contributed by atoms with E-state index in [2.05, 4.69) is 4.98 Å². The first kappa shape index (κ1) is 13.9. The smallest absolute Gasteiger partial charge is 0.410 e. The minimum absolute atomic E-state index is 0.316. The third kappa shape index (κ3) is 3.26. The molecule has 0 saturated carbocycles. The van der Waals surface area contributed by atoms with Gasteiger partial charge in [-0.25, -0.2) is 9.78 Å². The van der Waals surface area contributed by atoms with Crippen molar-refractivity contribution in [2.75, 3.05) is 13.1 Å². The zero-order valence-corrected chi connectivity index (χ0v) is 11.5. The minimum Gasteiger partial charge on any atom is -0.446 e. The molecule has 0 aromatic carbocycles. The Labute approximate surface area is 112 Å². The van der Waals surface area contributed by atoms with Crippen LogP contribution in [0.3, 0.4) is 0 Å². The molecule has 1 aliphatic heterocycles. The normalized spacial score (nSPS) is 19.3. The average Bonchev–Trinajstić information content (AvgIpc) is 2.81. The van der Waals surface area contributed by atoms with Crippen molar-refractivity contribution in [1.29, 1.82) is 0 Å². The van der Waals surface area contributed by atoms with Gasteiger partial charge < -0.3 is 19.2 Å². The number of carbonyl (C=O) groups is 1. The number of rotatable bonds is 1. The van der Waals surface area contributed by atoms with Crippen LogP contribution in [0, 0.1) is 0 Å². The molecule has 6 nitrogen and oxygen atoms in total. The highest BCUT2D eigenvalue weighted by molar-refractivity contribution is 5.68. The van der Waals surface area contributed by atoms with Crippen LogP contribution in [0.15, 0.2) is 16.9 Å². The maximum absolute atomic E-state index is 11.9. The molecule has 0 bridgehead atoms. The van der Waals surface area contributed by atoms with Gasteiger partial charge in [0.2, 0.25) is 5.89 Å². The number of nitrogens with zero attached hydrogens (tertiary/aromatic N) is 2. The van der Waals surface area contributed by atoms with Crippen molar-refractivity contribution in [1.82, 2.24) is 9.88 Å². The summed E-state index contributed by atoms with van der Waals surface area (Å²) in [4.78, 5) is 17.5. The quantitative estimate of drug-likeness (QED) is 0.841. The fourth-order valence-corrected chi connectivity index (χ4v) is 2.05. The molecule has 2 rings (SSSR count). The first-order valence-corrected chi connectivity index (χ1v) is 6.40. The van der Waals surface area contributed by atoms with Gasteiger partial charge in [-0.15, -0.1) is 0 Å².